The minimum atomic E-state index is 0.909. The van der Waals surface area contributed by atoms with E-state index in [9.17, 15) is 0 Å². The van der Waals surface area contributed by atoms with Crippen molar-refractivity contribution in [1.29, 1.82) is 0 Å². The summed E-state index contributed by atoms with van der Waals surface area (Å²) in [6, 6.07) is 0. The molecule has 68 valence electrons. The molecule has 1 N–H and O–H groups in total. The fourth-order valence-electron chi connectivity index (χ4n) is 1.37. The Balaban J connectivity index is 1.85. The summed E-state index contributed by atoms with van der Waals surface area (Å²) in [5.74, 6) is 6.28. The Morgan fingerprint density at radius 3 is 3.17 bits per heavy atom. The van der Waals surface area contributed by atoms with Crippen LogP contribution in [0.2, 0.25) is 0 Å². The zero-order valence-corrected chi connectivity index (χ0v) is 8.33. The SMILES string of the molecule is C#CCCCNCC1CCSC1. The molecule has 1 fully saturated rings. The van der Waals surface area contributed by atoms with Crippen LogP contribution in [0.5, 0.6) is 0 Å². The predicted molar refractivity (Wildman–Crippen MR) is 56.4 cm³/mol. The molecular weight excluding hydrogens is 166 g/mol. The summed E-state index contributed by atoms with van der Waals surface area (Å²) in [6.45, 7) is 2.28. The van der Waals surface area contributed by atoms with Crippen molar-refractivity contribution >= 4 is 11.8 Å². The summed E-state index contributed by atoms with van der Waals surface area (Å²) < 4.78 is 0. The maximum absolute atomic E-state index is 5.15. The third-order valence-electron chi connectivity index (χ3n) is 2.13. The third kappa shape index (κ3) is 4.04. The Morgan fingerprint density at radius 2 is 2.50 bits per heavy atom. The molecule has 12 heavy (non-hydrogen) atoms. The average Bonchev–Trinajstić information content (AvgIpc) is 2.57. The molecule has 0 radical (unpaired) electrons. The molecule has 1 aliphatic rings. The van der Waals surface area contributed by atoms with Gasteiger partial charge in [-0.25, -0.2) is 0 Å². The Hall–Kier alpha value is -0.130. The molecular formula is C10H17NS. The molecule has 0 bridgehead atoms. The summed E-state index contributed by atoms with van der Waals surface area (Å²) in [5, 5.41) is 3.45. The maximum atomic E-state index is 5.15. The molecule has 0 amide bonds. The lowest BCUT2D eigenvalue weighted by Gasteiger charge is -2.08. The van der Waals surface area contributed by atoms with Gasteiger partial charge in [0.15, 0.2) is 0 Å². The first kappa shape index (κ1) is 9.95. The highest BCUT2D eigenvalue weighted by atomic mass is 32.2. The molecule has 1 aliphatic heterocycles. The van der Waals surface area contributed by atoms with Crippen LogP contribution in [0.25, 0.3) is 0 Å². The predicted octanol–water partition coefficient (Wildman–Crippen LogP) is 1.74. The standard InChI is InChI=1S/C10H17NS/c1-2-3-4-6-11-8-10-5-7-12-9-10/h1,10-11H,3-9H2. The van der Waals surface area contributed by atoms with E-state index in [2.05, 4.69) is 23.0 Å². The summed E-state index contributed by atoms with van der Waals surface area (Å²) in [4.78, 5) is 0. The summed E-state index contributed by atoms with van der Waals surface area (Å²) in [6.07, 6.45) is 8.58. The van der Waals surface area contributed by atoms with Crippen LogP contribution < -0.4 is 5.32 Å². The van der Waals surface area contributed by atoms with Gasteiger partial charge in [-0.05, 0) is 43.4 Å². The number of hydrogen-bond acceptors (Lipinski definition) is 2. The summed E-state index contributed by atoms with van der Waals surface area (Å²) >= 11 is 2.08. The first-order valence-electron chi connectivity index (χ1n) is 4.65. The van der Waals surface area contributed by atoms with Gasteiger partial charge in [0.1, 0.15) is 0 Å². The van der Waals surface area contributed by atoms with Crippen LogP contribution in [0.3, 0.4) is 0 Å². The molecule has 0 aliphatic carbocycles. The van der Waals surface area contributed by atoms with Crippen LogP contribution in [0.4, 0.5) is 0 Å². The van der Waals surface area contributed by atoms with Gasteiger partial charge >= 0.3 is 0 Å². The van der Waals surface area contributed by atoms with Crippen molar-refractivity contribution in [2.75, 3.05) is 24.6 Å². The molecule has 1 atom stereocenters. The largest absolute Gasteiger partial charge is 0.316 e. The lowest BCUT2D eigenvalue weighted by molar-refractivity contribution is 0.519. The van der Waals surface area contributed by atoms with Crippen molar-refractivity contribution in [1.82, 2.24) is 5.32 Å². The van der Waals surface area contributed by atoms with E-state index in [1.807, 2.05) is 0 Å². The first-order chi connectivity index (χ1) is 5.93. The number of rotatable bonds is 5. The average molecular weight is 183 g/mol. The summed E-state index contributed by atoms with van der Waals surface area (Å²) in [5.41, 5.74) is 0. The van der Waals surface area contributed by atoms with Gasteiger partial charge in [-0.2, -0.15) is 11.8 Å². The smallest absolute Gasteiger partial charge is 0.00981 e. The van der Waals surface area contributed by atoms with E-state index >= 15 is 0 Å². The van der Waals surface area contributed by atoms with Gasteiger partial charge < -0.3 is 5.32 Å². The Kier molecular flexibility index (Phi) is 5.30. The van der Waals surface area contributed by atoms with Gasteiger partial charge in [0.05, 0.1) is 0 Å². The van der Waals surface area contributed by atoms with Gasteiger partial charge in [0.25, 0.3) is 0 Å². The van der Waals surface area contributed by atoms with Crippen molar-refractivity contribution in [3.63, 3.8) is 0 Å². The maximum Gasteiger partial charge on any atom is 0.00981 e. The molecule has 0 aromatic rings. The van der Waals surface area contributed by atoms with Gasteiger partial charge in [-0.3, -0.25) is 0 Å². The highest BCUT2D eigenvalue weighted by molar-refractivity contribution is 7.99. The van der Waals surface area contributed by atoms with Crippen molar-refractivity contribution in [3.05, 3.63) is 0 Å². The molecule has 0 aromatic heterocycles. The molecule has 2 heteroatoms. The van der Waals surface area contributed by atoms with E-state index < -0.39 is 0 Å². The topological polar surface area (TPSA) is 12.0 Å². The number of thioether (sulfide) groups is 1. The van der Waals surface area contributed by atoms with Gasteiger partial charge in [0, 0.05) is 6.42 Å². The second-order valence-electron chi connectivity index (χ2n) is 3.24. The highest BCUT2D eigenvalue weighted by Crippen LogP contribution is 2.22. The first-order valence-corrected chi connectivity index (χ1v) is 5.81. The Morgan fingerprint density at radius 1 is 1.58 bits per heavy atom. The van der Waals surface area contributed by atoms with Crippen LogP contribution in [-0.4, -0.2) is 24.6 Å². The molecule has 0 aromatic carbocycles. The van der Waals surface area contributed by atoms with Crippen molar-refractivity contribution in [3.8, 4) is 12.3 Å². The quantitative estimate of drug-likeness (QED) is 0.515. The highest BCUT2D eigenvalue weighted by Gasteiger charge is 2.13. The van der Waals surface area contributed by atoms with E-state index in [0.717, 1.165) is 25.3 Å². The van der Waals surface area contributed by atoms with Gasteiger partial charge in [-0.15, -0.1) is 12.3 Å². The number of hydrogen-bond donors (Lipinski definition) is 1. The second-order valence-corrected chi connectivity index (χ2v) is 4.39. The van der Waals surface area contributed by atoms with Crippen molar-refractivity contribution in [2.45, 2.75) is 19.3 Å². The van der Waals surface area contributed by atoms with E-state index in [1.54, 1.807) is 0 Å². The number of nitrogens with one attached hydrogen (secondary N) is 1. The van der Waals surface area contributed by atoms with Gasteiger partial charge in [-0.1, -0.05) is 0 Å². The molecule has 1 nitrogen and oxygen atoms in total. The van der Waals surface area contributed by atoms with E-state index in [0.29, 0.717) is 0 Å². The van der Waals surface area contributed by atoms with Crippen molar-refractivity contribution < 1.29 is 0 Å². The monoisotopic (exact) mass is 183 g/mol. The van der Waals surface area contributed by atoms with Crippen LogP contribution in [0, 0.1) is 18.3 Å². The normalized spacial score (nSPS) is 22.4. The van der Waals surface area contributed by atoms with E-state index in [1.165, 1.54) is 24.5 Å². The van der Waals surface area contributed by atoms with Crippen LogP contribution in [0.1, 0.15) is 19.3 Å². The fourth-order valence-corrected chi connectivity index (χ4v) is 2.65. The molecule has 1 rings (SSSR count). The lowest BCUT2D eigenvalue weighted by Crippen LogP contribution is -2.23. The minimum absolute atomic E-state index is 0.909. The van der Waals surface area contributed by atoms with E-state index in [-0.39, 0.29) is 0 Å². The number of unbranched alkanes of at least 4 members (excludes halogenated alkanes) is 1. The third-order valence-corrected chi connectivity index (χ3v) is 3.36. The van der Waals surface area contributed by atoms with Crippen molar-refractivity contribution in [2.24, 2.45) is 5.92 Å². The molecule has 1 heterocycles. The van der Waals surface area contributed by atoms with Crippen LogP contribution >= 0.6 is 11.8 Å². The molecule has 1 saturated heterocycles. The second kappa shape index (κ2) is 6.39. The minimum Gasteiger partial charge on any atom is -0.316 e. The number of terminal acetylenes is 1. The summed E-state index contributed by atoms with van der Waals surface area (Å²) in [7, 11) is 0. The van der Waals surface area contributed by atoms with Crippen LogP contribution in [-0.2, 0) is 0 Å². The molecule has 1 unspecified atom stereocenters. The fraction of sp³-hybridized carbons (Fsp3) is 0.800. The Labute approximate surface area is 79.7 Å². The van der Waals surface area contributed by atoms with E-state index in [4.69, 9.17) is 6.42 Å². The molecule has 0 saturated carbocycles. The zero-order valence-electron chi connectivity index (χ0n) is 7.51. The van der Waals surface area contributed by atoms with Gasteiger partial charge in [0.2, 0.25) is 0 Å². The Bertz CT molecular complexity index is 144. The van der Waals surface area contributed by atoms with Crippen LogP contribution in [0.15, 0.2) is 0 Å². The zero-order chi connectivity index (χ0) is 8.65. The lowest BCUT2D eigenvalue weighted by atomic mass is 10.1. The molecule has 0 spiro atoms.